The zero-order valence-corrected chi connectivity index (χ0v) is 16.9. The van der Waals surface area contributed by atoms with Gasteiger partial charge in [0, 0.05) is 17.7 Å². The number of esters is 1. The molecule has 0 fully saturated rings. The number of hydrogen-bond acceptors (Lipinski definition) is 7. The van der Waals surface area contributed by atoms with Crippen LogP contribution in [0.25, 0.3) is 0 Å². The van der Waals surface area contributed by atoms with Crippen LogP contribution in [0.4, 0.5) is 0 Å². The Hall–Kier alpha value is -2.93. The summed E-state index contributed by atoms with van der Waals surface area (Å²) in [5, 5.41) is 0. The van der Waals surface area contributed by atoms with Crippen LogP contribution in [-0.2, 0) is 11.2 Å². The maximum absolute atomic E-state index is 12.8. The fourth-order valence-electron chi connectivity index (χ4n) is 4.73. The van der Waals surface area contributed by atoms with E-state index in [2.05, 4.69) is 4.90 Å². The van der Waals surface area contributed by atoms with Crippen LogP contribution in [0, 0.1) is 6.92 Å². The van der Waals surface area contributed by atoms with Gasteiger partial charge in [-0.05, 0) is 37.6 Å². The lowest BCUT2D eigenvalue weighted by atomic mass is 9.85. The number of hydrogen-bond donors (Lipinski definition) is 0. The first-order valence-corrected chi connectivity index (χ1v) is 9.63. The topological polar surface area (TPSA) is 66.5 Å². The summed E-state index contributed by atoms with van der Waals surface area (Å²) in [6.45, 7) is 2.92. The molecule has 0 radical (unpaired) electrons. The van der Waals surface area contributed by atoms with Gasteiger partial charge in [0.15, 0.2) is 11.5 Å². The number of carbonyl (C=O) groups is 1. The average molecular weight is 397 g/mol. The Labute approximate surface area is 169 Å². The molecule has 29 heavy (non-hydrogen) atoms. The van der Waals surface area contributed by atoms with Gasteiger partial charge in [0.25, 0.3) is 0 Å². The molecule has 2 aromatic rings. The molecule has 0 N–H and O–H groups in total. The maximum atomic E-state index is 12.8. The number of nitrogens with zero attached hydrogens (tertiary/aromatic N) is 1. The quantitative estimate of drug-likeness (QED) is 0.737. The van der Waals surface area contributed by atoms with Crippen molar-refractivity contribution in [2.24, 2.45) is 0 Å². The summed E-state index contributed by atoms with van der Waals surface area (Å²) in [4.78, 5) is 15.0. The lowest BCUT2D eigenvalue weighted by Gasteiger charge is -2.38. The molecule has 0 amide bonds. The number of carbonyl (C=O) groups excluding carboxylic acids is 1. The first-order valence-electron chi connectivity index (χ1n) is 9.63. The lowest BCUT2D eigenvalue weighted by molar-refractivity contribution is 0.00874. The zero-order chi connectivity index (χ0) is 20.3. The van der Waals surface area contributed by atoms with Gasteiger partial charge in [0.05, 0.1) is 20.3 Å². The molecule has 5 rings (SSSR count). The smallest absolute Gasteiger partial charge is 0.343 e. The number of cyclic esters (lactones) is 1. The van der Waals surface area contributed by atoms with E-state index >= 15 is 0 Å². The van der Waals surface area contributed by atoms with Crippen molar-refractivity contribution < 1.29 is 28.5 Å². The van der Waals surface area contributed by atoms with Crippen LogP contribution < -0.4 is 18.9 Å². The molecule has 3 aliphatic heterocycles. The summed E-state index contributed by atoms with van der Waals surface area (Å²) in [7, 11) is 5.24. The minimum atomic E-state index is -0.467. The van der Waals surface area contributed by atoms with Crippen LogP contribution in [-0.4, -0.2) is 45.5 Å². The summed E-state index contributed by atoms with van der Waals surface area (Å²) in [6, 6.07) is 5.74. The first kappa shape index (κ1) is 18.1. The number of likely N-dealkylation sites (N-methyl/N-ethyl adjacent to an activating group) is 1. The number of ether oxygens (including phenoxy) is 5. The molecule has 0 aliphatic carbocycles. The molecule has 0 unspecified atom stereocenters. The summed E-state index contributed by atoms with van der Waals surface area (Å²) < 4.78 is 28.5. The van der Waals surface area contributed by atoms with Gasteiger partial charge in [-0.3, -0.25) is 4.90 Å². The monoisotopic (exact) mass is 397 g/mol. The molecular weight excluding hydrogens is 374 g/mol. The Kier molecular flexibility index (Phi) is 4.10. The lowest BCUT2D eigenvalue weighted by Crippen LogP contribution is -2.36. The Morgan fingerprint density at radius 1 is 1.14 bits per heavy atom. The van der Waals surface area contributed by atoms with Crippen LogP contribution in [0.3, 0.4) is 0 Å². The Bertz CT molecular complexity index is 1020. The Morgan fingerprint density at radius 3 is 2.69 bits per heavy atom. The van der Waals surface area contributed by atoms with Crippen molar-refractivity contribution in [1.82, 2.24) is 4.90 Å². The molecule has 7 heteroatoms. The van der Waals surface area contributed by atoms with Crippen molar-refractivity contribution in [2.45, 2.75) is 25.5 Å². The fraction of sp³-hybridized carbons (Fsp3) is 0.409. The van der Waals surface area contributed by atoms with Gasteiger partial charge in [0.1, 0.15) is 17.4 Å². The Morgan fingerprint density at radius 2 is 1.93 bits per heavy atom. The third kappa shape index (κ3) is 2.50. The summed E-state index contributed by atoms with van der Waals surface area (Å²) >= 11 is 0. The van der Waals surface area contributed by atoms with Gasteiger partial charge in [-0.15, -0.1) is 0 Å². The van der Waals surface area contributed by atoms with E-state index in [-0.39, 0.29) is 18.8 Å². The number of rotatable bonds is 3. The molecule has 0 aromatic heterocycles. The van der Waals surface area contributed by atoms with Gasteiger partial charge in [-0.1, -0.05) is 12.1 Å². The molecule has 7 nitrogen and oxygen atoms in total. The van der Waals surface area contributed by atoms with E-state index in [1.54, 1.807) is 14.2 Å². The van der Waals surface area contributed by atoms with E-state index in [4.69, 9.17) is 23.7 Å². The van der Waals surface area contributed by atoms with Crippen molar-refractivity contribution in [1.29, 1.82) is 0 Å². The van der Waals surface area contributed by atoms with Crippen LogP contribution in [0.15, 0.2) is 18.2 Å². The average Bonchev–Trinajstić information content (AvgIpc) is 3.31. The largest absolute Gasteiger partial charge is 0.496 e. The standard InChI is InChI=1S/C22H23NO6/c1-11-5-6-13-16(18(11)25-3)22(24)29-19(13)17-15-12(7-8-23(17)2)9-14-20(21(15)26-4)28-10-27-14/h5-6,9,17,19H,7-8,10H2,1-4H3/t17-,19+/m1/s1. The summed E-state index contributed by atoms with van der Waals surface area (Å²) in [5.41, 5.74) is 4.36. The first-order chi connectivity index (χ1) is 14.0. The van der Waals surface area contributed by atoms with E-state index < -0.39 is 6.10 Å². The third-order valence-corrected chi connectivity index (χ3v) is 6.07. The predicted octanol–water partition coefficient (Wildman–Crippen LogP) is 3.18. The van der Waals surface area contributed by atoms with E-state index in [9.17, 15) is 4.79 Å². The number of benzene rings is 2. The maximum Gasteiger partial charge on any atom is 0.343 e. The van der Waals surface area contributed by atoms with Crippen LogP contribution in [0.1, 0.15) is 44.8 Å². The Balaban J connectivity index is 1.70. The highest BCUT2D eigenvalue weighted by Gasteiger charge is 2.45. The number of fused-ring (bicyclic) bond motifs is 3. The van der Waals surface area contributed by atoms with E-state index in [1.165, 1.54) is 0 Å². The normalized spacial score (nSPS) is 22.1. The third-order valence-electron chi connectivity index (χ3n) is 6.07. The second-order valence-electron chi connectivity index (χ2n) is 7.60. The predicted molar refractivity (Wildman–Crippen MR) is 104 cm³/mol. The highest BCUT2D eigenvalue weighted by Crippen LogP contribution is 2.54. The van der Waals surface area contributed by atoms with Crippen LogP contribution >= 0.6 is 0 Å². The van der Waals surface area contributed by atoms with Gasteiger partial charge in [0.2, 0.25) is 12.5 Å². The van der Waals surface area contributed by atoms with Crippen molar-refractivity contribution in [2.75, 3.05) is 34.6 Å². The van der Waals surface area contributed by atoms with Crippen molar-refractivity contribution in [3.8, 4) is 23.0 Å². The molecule has 0 bridgehead atoms. The second-order valence-corrected chi connectivity index (χ2v) is 7.60. The molecule has 0 spiro atoms. The van der Waals surface area contributed by atoms with Crippen molar-refractivity contribution in [3.05, 3.63) is 46.0 Å². The fourth-order valence-corrected chi connectivity index (χ4v) is 4.73. The molecule has 2 atom stereocenters. The van der Waals surface area contributed by atoms with E-state index in [0.29, 0.717) is 28.6 Å². The van der Waals surface area contributed by atoms with Crippen molar-refractivity contribution in [3.63, 3.8) is 0 Å². The number of methoxy groups -OCH3 is 2. The van der Waals surface area contributed by atoms with Crippen LogP contribution in [0.5, 0.6) is 23.0 Å². The van der Waals surface area contributed by atoms with Crippen molar-refractivity contribution >= 4 is 5.97 Å². The van der Waals surface area contributed by atoms with Gasteiger partial charge < -0.3 is 23.7 Å². The van der Waals surface area contributed by atoms with Gasteiger partial charge in [-0.25, -0.2) is 4.79 Å². The molecule has 0 saturated carbocycles. The summed E-state index contributed by atoms with van der Waals surface area (Å²) in [6.07, 6.45) is 0.380. The minimum absolute atomic E-state index is 0.173. The SMILES string of the molecule is COc1c(C)ccc2c1C(=O)O[C@@H]2[C@H]1c2c(cc3c(c2OC)OCO3)CCN1C. The summed E-state index contributed by atoms with van der Waals surface area (Å²) in [5.74, 6) is 2.18. The molecule has 3 aliphatic rings. The van der Waals surface area contributed by atoms with Gasteiger partial charge in [-0.2, -0.15) is 0 Å². The highest BCUT2D eigenvalue weighted by molar-refractivity contribution is 5.97. The molecule has 0 saturated heterocycles. The molecule has 152 valence electrons. The zero-order valence-electron chi connectivity index (χ0n) is 16.9. The minimum Gasteiger partial charge on any atom is -0.496 e. The molecule has 3 heterocycles. The number of aryl methyl sites for hydroxylation is 1. The molecular formula is C22H23NO6. The van der Waals surface area contributed by atoms with Gasteiger partial charge >= 0.3 is 5.97 Å². The van der Waals surface area contributed by atoms with E-state index in [0.717, 1.165) is 35.2 Å². The highest BCUT2D eigenvalue weighted by atomic mass is 16.7. The van der Waals surface area contributed by atoms with Crippen LogP contribution in [0.2, 0.25) is 0 Å². The second kappa shape index (κ2) is 6.56. The molecule has 2 aromatic carbocycles. The van der Waals surface area contributed by atoms with E-state index in [1.807, 2.05) is 32.2 Å².